The van der Waals surface area contributed by atoms with Crippen molar-refractivity contribution in [2.45, 2.75) is 52.1 Å². The fourth-order valence-corrected chi connectivity index (χ4v) is 2.81. The SMILES string of the molecule is Cc1ccc(C)c(C(O)CC2CCCC2)c1. The predicted molar refractivity (Wildman–Crippen MR) is 67.5 cm³/mol. The largest absolute Gasteiger partial charge is 0.388 e. The molecule has 0 spiro atoms. The maximum Gasteiger partial charge on any atom is 0.0795 e. The Kier molecular flexibility index (Phi) is 3.65. The van der Waals surface area contributed by atoms with Gasteiger partial charge in [0.2, 0.25) is 0 Å². The quantitative estimate of drug-likeness (QED) is 0.815. The van der Waals surface area contributed by atoms with Crippen LogP contribution >= 0.6 is 0 Å². The lowest BCUT2D eigenvalue weighted by Gasteiger charge is -2.18. The molecule has 0 heterocycles. The molecule has 1 atom stereocenters. The summed E-state index contributed by atoms with van der Waals surface area (Å²) < 4.78 is 0. The van der Waals surface area contributed by atoms with Gasteiger partial charge < -0.3 is 5.11 Å². The monoisotopic (exact) mass is 218 g/mol. The highest BCUT2D eigenvalue weighted by Gasteiger charge is 2.20. The maximum absolute atomic E-state index is 10.3. The second-order valence-electron chi connectivity index (χ2n) is 5.26. The zero-order chi connectivity index (χ0) is 11.5. The first-order valence-corrected chi connectivity index (χ1v) is 6.42. The number of hydrogen-bond donors (Lipinski definition) is 1. The summed E-state index contributed by atoms with van der Waals surface area (Å²) in [6, 6.07) is 6.36. The molecule has 1 nitrogen and oxygen atoms in total. The van der Waals surface area contributed by atoms with Crippen LogP contribution in [0.2, 0.25) is 0 Å². The second kappa shape index (κ2) is 5.01. The van der Waals surface area contributed by atoms with Gasteiger partial charge in [-0.2, -0.15) is 0 Å². The minimum atomic E-state index is -0.261. The van der Waals surface area contributed by atoms with E-state index in [-0.39, 0.29) is 6.10 Å². The van der Waals surface area contributed by atoms with E-state index in [0.717, 1.165) is 17.9 Å². The number of aliphatic hydroxyl groups is 1. The molecule has 0 aromatic heterocycles. The third-order valence-corrected chi connectivity index (χ3v) is 3.83. The first-order chi connectivity index (χ1) is 7.66. The molecule has 0 saturated heterocycles. The highest BCUT2D eigenvalue weighted by molar-refractivity contribution is 5.32. The van der Waals surface area contributed by atoms with E-state index in [1.165, 1.54) is 36.8 Å². The first kappa shape index (κ1) is 11.7. The summed E-state index contributed by atoms with van der Waals surface area (Å²) in [5, 5.41) is 10.3. The lowest BCUT2D eigenvalue weighted by molar-refractivity contribution is 0.144. The third-order valence-electron chi connectivity index (χ3n) is 3.83. The molecular weight excluding hydrogens is 196 g/mol. The van der Waals surface area contributed by atoms with E-state index in [4.69, 9.17) is 0 Å². The Labute approximate surface area is 98.5 Å². The Morgan fingerprint density at radius 2 is 1.94 bits per heavy atom. The molecule has 0 aliphatic heterocycles. The highest BCUT2D eigenvalue weighted by Crippen LogP contribution is 2.33. The third kappa shape index (κ3) is 2.65. The van der Waals surface area contributed by atoms with Crippen LogP contribution in [-0.4, -0.2) is 5.11 Å². The summed E-state index contributed by atoms with van der Waals surface area (Å²) in [7, 11) is 0. The van der Waals surface area contributed by atoms with Crippen molar-refractivity contribution in [3.05, 3.63) is 34.9 Å². The molecule has 1 saturated carbocycles. The molecule has 1 aromatic carbocycles. The van der Waals surface area contributed by atoms with Gasteiger partial charge in [0.1, 0.15) is 0 Å². The number of rotatable bonds is 3. The summed E-state index contributed by atoms with van der Waals surface area (Å²) in [4.78, 5) is 0. The first-order valence-electron chi connectivity index (χ1n) is 6.42. The molecule has 0 amide bonds. The van der Waals surface area contributed by atoms with E-state index >= 15 is 0 Å². The van der Waals surface area contributed by atoms with Gasteiger partial charge in [-0.15, -0.1) is 0 Å². The van der Waals surface area contributed by atoms with Crippen LogP contribution in [-0.2, 0) is 0 Å². The van der Waals surface area contributed by atoms with Crippen LogP contribution in [0.4, 0.5) is 0 Å². The molecular formula is C15H22O. The van der Waals surface area contributed by atoms with Crippen molar-refractivity contribution in [3.8, 4) is 0 Å². The number of hydrogen-bond acceptors (Lipinski definition) is 1. The van der Waals surface area contributed by atoms with E-state index in [2.05, 4.69) is 32.0 Å². The zero-order valence-electron chi connectivity index (χ0n) is 10.4. The fourth-order valence-electron chi connectivity index (χ4n) is 2.81. The predicted octanol–water partition coefficient (Wildman–Crippen LogP) is 3.92. The molecule has 1 aromatic rings. The average molecular weight is 218 g/mol. The molecule has 16 heavy (non-hydrogen) atoms. The van der Waals surface area contributed by atoms with Crippen LogP contribution in [0.25, 0.3) is 0 Å². The highest BCUT2D eigenvalue weighted by atomic mass is 16.3. The molecule has 1 unspecified atom stereocenters. The van der Waals surface area contributed by atoms with Crippen molar-refractivity contribution < 1.29 is 5.11 Å². The van der Waals surface area contributed by atoms with Gasteiger partial charge >= 0.3 is 0 Å². The standard InChI is InChI=1S/C15H22O/c1-11-7-8-12(2)14(9-11)15(16)10-13-5-3-4-6-13/h7-9,13,15-16H,3-6,10H2,1-2H3. The molecule has 88 valence electrons. The van der Waals surface area contributed by atoms with Crippen LogP contribution in [0.5, 0.6) is 0 Å². The van der Waals surface area contributed by atoms with Crippen molar-refractivity contribution in [1.82, 2.24) is 0 Å². The maximum atomic E-state index is 10.3. The Morgan fingerprint density at radius 1 is 1.25 bits per heavy atom. The topological polar surface area (TPSA) is 20.2 Å². The summed E-state index contributed by atoms with van der Waals surface area (Å²) >= 11 is 0. The smallest absolute Gasteiger partial charge is 0.0795 e. The summed E-state index contributed by atoms with van der Waals surface area (Å²) in [5.41, 5.74) is 3.59. The van der Waals surface area contributed by atoms with Gasteiger partial charge in [0.05, 0.1) is 6.10 Å². The van der Waals surface area contributed by atoms with Crippen LogP contribution in [0.1, 0.15) is 54.9 Å². The van der Waals surface area contributed by atoms with Crippen LogP contribution in [0.15, 0.2) is 18.2 Å². The Morgan fingerprint density at radius 3 is 2.62 bits per heavy atom. The number of benzene rings is 1. The molecule has 1 aliphatic rings. The summed E-state index contributed by atoms with van der Waals surface area (Å²) in [6.45, 7) is 4.18. The van der Waals surface area contributed by atoms with Gasteiger partial charge in [-0.25, -0.2) is 0 Å². The fraction of sp³-hybridized carbons (Fsp3) is 0.600. The van der Waals surface area contributed by atoms with Gasteiger partial charge in [0.25, 0.3) is 0 Å². The van der Waals surface area contributed by atoms with Gasteiger partial charge in [-0.3, -0.25) is 0 Å². The molecule has 0 radical (unpaired) electrons. The Hall–Kier alpha value is -0.820. The van der Waals surface area contributed by atoms with Gasteiger partial charge in [0.15, 0.2) is 0 Å². The van der Waals surface area contributed by atoms with Crippen LogP contribution < -0.4 is 0 Å². The molecule has 0 bridgehead atoms. The van der Waals surface area contributed by atoms with E-state index < -0.39 is 0 Å². The number of aryl methyl sites for hydroxylation is 2. The van der Waals surface area contributed by atoms with Gasteiger partial charge in [0, 0.05) is 0 Å². The zero-order valence-corrected chi connectivity index (χ0v) is 10.4. The van der Waals surface area contributed by atoms with E-state index in [9.17, 15) is 5.11 Å². The Bertz CT molecular complexity index is 350. The lowest BCUT2D eigenvalue weighted by atomic mass is 9.92. The summed E-state index contributed by atoms with van der Waals surface area (Å²) in [6.07, 6.45) is 6.01. The van der Waals surface area contributed by atoms with E-state index in [1.54, 1.807) is 0 Å². The molecule has 1 fully saturated rings. The van der Waals surface area contributed by atoms with Crippen LogP contribution in [0, 0.1) is 19.8 Å². The normalized spacial score (nSPS) is 18.9. The van der Waals surface area contributed by atoms with E-state index in [0.29, 0.717) is 0 Å². The molecule has 1 heteroatoms. The average Bonchev–Trinajstić information content (AvgIpc) is 2.74. The molecule has 2 rings (SSSR count). The molecule has 1 aliphatic carbocycles. The van der Waals surface area contributed by atoms with Crippen molar-refractivity contribution in [1.29, 1.82) is 0 Å². The number of aliphatic hydroxyl groups excluding tert-OH is 1. The van der Waals surface area contributed by atoms with Gasteiger partial charge in [-0.1, -0.05) is 49.4 Å². The van der Waals surface area contributed by atoms with E-state index in [1.807, 2.05) is 0 Å². The van der Waals surface area contributed by atoms with Gasteiger partial charge in [-0.05, 0) is 37.3 Å². The minimum Gasteiger partial charge on any atom is -0.388 e. The molecule has 1 N–H and O–H groups in total. The van der Waals surface area contributed by atoms with Crippen molar-refractivity contribution in [2.75, 3.05) is 0 Å². The second-order valence-corrected chi connectivity index (χ2v) is 5.26. The van der Waals surface area contributed by atoms with Crippen molar-refractivity contribution in [3.63, 3.8) is 0 Å². The van der Waals surface area contributed by atoms with Crippen LogP contribution in [0.3, 0.4) is 0 Å². The van der Waals surface area contributed by atoms with Crippen molar-refractivity contribution >= 4 is 0 Å². The Balaban J connectivity index is 2.07. The summed E-state index contributed by atoms with van der Waals surface area (Å²) in [5.74, 6) is 0.745. The van der Waals surface area contributed by atoms with Crippen molar-refractivity contribution in [2.24, 2.45) is 5.92 Å². The minimum absolute atomic E-state index is 0.261. The lowest BCUT2D eigenvalue weighted by Crippen LogP contribution is -2.06.